The van der Waals surface area contributed by atoms with Gasteiger partial charge in [0, 0.05) is 12.3 Å². The van der Waals surface area contributed by atoms with Crippen LogP contribution in [-0.4, -0.2) is 17.1 Å². The van der Waals surface area contributed by atoms with Gasteiger partial charge in [-0.15, -0.1) is 0 Å². The molecule has 0 aliphatic rings. The fraction of sp³-hybridized carbons (Fsp3) is 0.200. The van der Waals surface area contributed by atoms with E-state index in [1.54, 1.807) is 12.3 Å². The van der Waals surface area contributed by atoms with E-state index in [4.69, 9.17) is 4.74 Å². The summed E-state index contributed by atoms with van der Waals surface area (Å²) in [4.78, 5) is 7.48. The minimum absolute atomic E-state index is 0.314. The van der Waals surface area contributed by atoms with Gasteiger partial charge in [0.05, 0.1) is 7.11 Å². The normalized spacial score (nSPS) is 9.00. The predicted octanol–water partition coefficient (Wildman–Crippen LogP) is 1.04. The van der Waals surface area contributed by atoms with E-state index < -0.39 is 0 Å². The van der Waals surface area contributed by atoms with Crippen LogP contribution in [0.4, 0.5) is 0 Å². The van der Waals surface area contributed by atoms with Crippen molar-refractivity contribution >= 4 is 12.6 Å². The van der Waals surface area contributed by atoms with Crippen LogP contribution in [0.1, 0.15) is 0 Å². The molecule has 4 heteroatoms. The molecule has 1 aromatic heterocycles. The highest BCUT2D eigenvalue weighted by Gasteiger charge is 1.91. The number of nitrogens with zero attached hydrogens (tertiary/aromatic N) is 2. The molecule has 1 rings (SSSR count). The van der Waals surface area contributed by atoms with E-state index in [0.717, 1.165) is 0 Å². The summed E-state index contributed by atoms with van der Waals surface area (Å²) in [5.41, 5.74) is 0. The lowest BCUT2D eigenvalue weighted by atomic mass is 10.6. The molecule has 47 valence electrons. The number of hydrogen-bond acceptors (Lipinski definition) is 3. The number of aromatic nitrogens is 2. The summed E-state index contributed by atoms with van der Waals surface area (Å²) >= 11 is 4.66. The van der Waals surface area contributed by atoms with Gasteiger partial charge in [0.2, 0.25) is 11.0 Å². The molecular weight excluding hydrogens is 136 g/mol. The van der Waals surface area contributed by atoms with Crippen LogP contribution >= 0.6 is 12.6 Å². The summed E-state index contributed by atoms with van der Waals surface area (Å²) in [7, 11) is 1.54. The Labute approximate surface area is 58.5 Å². The molecule has 0 spiro atoms. The van der Waals surface area contributed by atoms with E-state index in [-0.39, 0.29) is 0 Å². The number of rotatable bonds is 1. The van der Waals surface area contributed by atoms with Crippen molar-refractivity contribution in [3.05, 3.63) is 12.3 Å². The van der Waals surface area contributed by atoms with Gasteiger partial charge in [0.25, 0.3) is 0 Å². The third-order valence-electron chi connectivity index (χ3n) is 0.817. The van der Waals surface area contributed by atoms with Crippen LogP contribution in [0.25, 0.3) is 0 Å². The second-order valence-electron chi connectivity index (χ2n) is 1.38. The van der Waals surface area contributed by atoms with Crippen molar-refractivity contribution in [1.29, 1.82) is 0 Å². The largest absolute Gasteiger partial charge is 0.481 e. The van der Waals surface area contributed by atoms with Crippen molar-refractivity contribution in [2.24, 2.45) is 0 Å². The third-order valence-corrected chi connectivity index (χ3v) is 1.01. The van der Waals surface area contributed by atoms with Gasteiger partial charge >= 0.3 is 0 Å². The van der Waals surface area contributed by atoms with Crippen molar-refractivity contribution in [1.82, 2.24) is 9.97 Å². The molecule has 1 aromatic rings. The Hall–Kier alpha value is -0.900. The predicted molar refractivity (Wildman–Crippen MR) is 34.4 cm³/mol. The quantitative estimate of drug-likeness (QED) is 0.548. The molecule has 0 N–H and O–H groups in total. The van der Waals surface area contributed by atoms with Crippen LogP contribution < -0.4 is 4.74 Å². The zero-order valence-electron chi connectivity index (χ0n) is 4.87. The molecule has 0 aromatic carbocycles. The SMILES string of the molecule is COc1ccnc([S])n1. The van der Waals surface area contributed by atoms with E-state index in [9.17, 15) is 0 Å². The Balaban J connectivity index is 2.94. The van der Waals surface area contributed by atoms with Crippen molar-refractivity contribution in [2.45, 2.75) is 5.16 Å². The van der Waals surface area contributed by atoms with Crippen molar-refractivity contribution in [2.75, 3.05) is 7.11 Å². The average Bonchev–Trinajstić information content (AvgIpc) is 1.88. The minimum atomic E-state index is 0.314. The van der Waals surface area contributed by atoms with Gasteiger partial charge in [-0.05, 0) is 12.6 Å². The first kappa shape index (κ1) is 6.22. The van der Waals surface area contributed by atoms with Crippen LogP contribution in [-0.2, 0) is 0 Å². The summed E-state index contributed by atoms with van der Waals surface area (Å²) < 4.78 is 4.78. The van der Waals surface area contributed by atoms with Gasteiger partial charge in [-0.3, -0.25) is 0 Å². The van der Waals surface area contributed by atoms with Crippen LogP contribution in [0.5, 0.6) is 5.88 Å². The molecule has 0 amide bonds. The zero-order chi connectivity index (χ0) is 6.69. The minimum Gasteiger partial charge on any atom is -0.481 e. The van der Waals surface area contributed by atoms with Crippen molar-refractivity contribution in [3.63, 3.8) is 0 Å². The summed E-state index contributed by atoms with van der Waals surface area (Å²) in [6.45, 7) is 0. The molecule has 9 heavy (non-hydrogen) atoms. The Morgan fingerprint density at radius 1 is 1.67 bits per heavy atom. The average molecular weight is 141 g/mol. The lowest BCUT2D eigenvalue weighted by Gasteiger charge is -1.94. The van der Waals surface area contributed by atoms with Crippen LogP contribution in [0.2, 0.25) is 0 Å². The maximum atomic E-state index is 4.78. The number of ether oxygens (including phenoxy) is 1. The highest BCUT2D eigenvalue weighted by atomic mass is 32.1. The van der Waals surface area contributed by atoms with Gasteiger partial charge in [-0.25, -0.2) is 4.98 Å². The lowest BCUT2D eigenvalue weighted by molar-refractivity contribution is 0.392. The molecule has 0 saturated heterocycles. The Morgan fingerprint density at radius 2 is 2.44 bits per heavy atom. The Bertz CT molecular complexity index is 204. The summed E-state index contributed by atoms with van der Waals surface area (Å²) in [5.74, 6) is 0.509. The first-order valence-corrected chi connectivity index (χ1v) is 2.78. The van der Waals surface area contributed by atoms with Gasteiger partial charge in [-0.1, -0.05) is 0 Å². The summed E-state index contributed by atoms with van der Waals surface area (Å²) in [5, 5.41) is 0.314. The van der Waals surface area contributed by atoms with E-state index in [2.05, 4.69) is 22.6 Å². The maximum Gasteiger partial charge on any atom is 0.222 e. The number of methoxy groups -OCH3 is 1. The second-order valence-corrected chi connectivity index (χ2v) is 1.75. The van der Waals surface area contributed by atoms with Gasteiger partial charge in [-0.2, -0.15) is 4.98 Å². The fourth-order valence-corrected chi connectivity index (χ4v) is 0.590. The fourth-order valence-electron chi connectivity index (χ4n) is 0.439. The highest BCUT2D eigenvalue weighted by molar-refractivity contribution is 7.80. The Morgan fingerprint density at radius 3 is 2.89 bits per heavy atom. The zero-order valence-corrected chi connectivity index (χ0v) is 5.68. The molecule has 0 saturated carbocycles. The Kier molecular flexibility index (Phi) is 1.79. The number of hydrogen-bond donors (Lipinski definition) is 0. The van der Waals surface area contributed by atoms with Crippen molar-refractivity contribution in [3.8, 4) is 5.88 Å². The van der Waals surface area contributed by atoms with Gasteiger partial charge < -0.3 is 4.74 Å². The standard InChI is InChI=1S/C5H5N2OS/c1-8-4-2-3-6-5(9)7-4/h2-3H,1H3. The molecular formula is C5H5N2OS. The van der Waals surface area contributed by atoms with Gasteiger partial charge in [0.15, 0.2) is 0 Å². The van der Waals surface area contributed by atoms with Crippen LogP contribution in [0.15, 0.2) is 17.4 Å². The molecule has 0 aliphatic carbocycles. The van der Waals surface area contributed by atoms with E-state index in [1.165, 1.54) is 7.11 Å². The van der Waals surface area contributed by atoms with Crippen LogP contribution in [0, 0.1) is 0 Å². The first-order chi connectivity index (χ1) is 4.33. The highest BCUT2D eigenvalue weighted by Crippen LogP contribution is 2.04. The van der Waals surface area contributed by atoms with Crippen molar-refractivity contribution < 1.29 is 4.74 Å². The molecule has 0 aliphatic heterocycles. The molecule has 1 heterocycles. The maximum absolute atomic E-state index is 4.78. The molecule has 0 atom stereocenters. The monoisotopic (exact) mass is 141 g/mol. The van der Waals surface area contributed by atoms with E-state index in [0.29, 0.717) is 11.0 Å². The first-order valence-electron chi connectivity index (χ1n) is 2.37. The van der Waals surface area contributed by atoms with Crippen LogP contribution in [0.3, 0.4) is 0 Å². The van der Waals surface area contributed by atoms with Gasteiger partial charge in [0.1, 0.15) is 0 Å². The lowest BCUT2D eigenvalue weighted by Crippen LogP contribution is -1.88. The topological polar surface area (TPSA) is 35.0 Å². The van der Waals surface area contributed by atoms with E-state index >= 15 is 0 Å². The molecule has 0 bridgehead atoms. The molecule has 0 fully saturated rings. The summed E-state index contributed by atoms with van der Waals surface area (Å²) in [6, 6.07) is 1.65. The molecule has 0 unspecified atom stereocenters. The van der Waals surface area contributed by atoms with E-state index in [1.807, 2.05) is 0 Å². The molecule has 3 nitrogen and oxygen atoms in total. The summed E-state index contributed by atoms with van der Waals surface area (Å²) in [6.07, 6.45) is 1.56. The third kappa shape index (κ3) is 1.50. The second kappa shape index (κ2) is 2.59. The molecule has 1 radical (unpaired) electrons. The smallest absolute Gasteiger partial charge is 0.222 e.